The number of hydrogen-bond donors (Lipinski definition) is 2. The largest absolute Gasteiger partial charge is 0.483 e. The van der Waals surface area contributed by atoms with Gasteiger partial charge in [0, 0.05) is 10.4 Å². The number of para-hydroxylation sites is 1. The number of carbonyl (C=O) groups excluding carboxylic acids is 1. The molecule has 0 aliphatic rings. The van der Waals surface area contributed by atoms with Gasteiger partial charge in [-0.3, -0.25) is 4.79 Å². The van der Waals surface area contributed by atoms with Crippen molar-refractivity contribution in [3.8, 4) is 5.75 Å². The summed E-state index contributed by atoms with van der Waals surface area (Å²) < 4.78 is 5.55. The van der Waals surface area contributed by atoms with E-state index in [0.717, 1.165) is 4.88 Å². The third kappa shape index (κ3) is 4.81. The Kier molecular flexibility index (Phi) is 5.80. The molecule has 2 aromatic rings. The van der Waals surface area contributed by atoms with Crippen LogP contribution in [0.5, 0.6) is 5.75 Å². The van der Waals surface area contributed by atoms with Crippen LogP contribution in [0.2, 0.25) is 0 Å². The first-order valence-corrected chi connectivity index (χ1v) is 8.44. The van der Waals surface area contributed by atoms with Crippen LogP contribution in [0.15, 0.2) is 41.8 Å². The van der Waals surface area contributed by atoms with Gasteiger partial charge in [-0.25, -0.2) is 0 Å². The van der Waals surface area contributed by atoms with Crippen LogP contribution in [-0.2, 0) is 11.4 Å². The van der Waals surface area contributed by atoms with Gasteiger partial charge in [0.05, 0.1) is 12.6 Å². The van der Waals surface area contributed by atoms with Gasteiger partial charge in [-0.05, 0) is 22.9 Å². The predicted molar refractivity (Wildman–Crippen MR) is 92.5 cm³/mol. The molecule has 23 heavy (non-hydrogen) atoms. The minimum absolute atomic E-state index is 0.0633. The molecule has 0 saturated heterocycles. The van der Waals surface area contributed by atoms with E-state index in [0.29, 0.717) is 11.3 Å². The smallest absolute Gasteiger partial charge is 0.258 e. The zero-order valence-corrected chi connectivity index (χ0v) is 14.5. The molecule has 2 rings (SSSR count). The maximum atomic E-state index is 12.3. The maximum Gasteiger partial charge on any atom is 0.258 e. The number of nitrogens with one attached hydrogen (secondary N) is 1. The van der Waals surface area contributed by atoms with Gasteiger partial charge in [-0.2, -0.15) is 0 Å². The summed E-state index contributed by atoms with van der Waals surface area (Å²) in [5.41, 5.74) is 0.578. The minimum Gasteiger partial charge on any atom is -0.483 e. The van der Waals surface area contributed by atoms with Crippen molar-refractivity contribution in [2.45, 2.75) is 33.4 Å². The number of hydrogen-bond acceptors (Lipinski definition) is 4. The SMILES string of the molecule is CC(C)(C)C(NC(=O)COc1ccccc1CO)c1cccs1. The lowest BCUT2D eigenvalue weighted by Gasteiger charge is -2.30. The third-order valence-corrected chi connectivity index (χ3v) is 4.44. The zero-order chi connectivity index (χ0) is 16.9. The monoisotopic (exact) mass is 333 g/mol. The van der Waals surface area contributed by atoms with Gasteiger partial charge in [0.15, 0.2) is 6.61 Å². The van der Waals surface area contributed by atoms with Crippen molar-refractivity contribution < 1.29 is 14.6 Å². The van der Waals surface area contributed by atoms with E-state index in [1.165, 1.54) is 0 Å². The van der Waals surface area contributed by atoms with Crippen LogP contribution in [0.3, 0.4) is 0 Å². The molecule has 5 heteroatoms. The quantitative estimate of drug-likeness (QED) is 0.850. The molecule has 0 bridgehead atoms. The fourth-order valence-corrected chi connectivity index (χ4v) is 3.31. The Balaban J connectivity index is 2.00. The number of aliphatic hydroxyl groups is 1. The third-order valence-electron chi connectivity index (χ3n) is 3.50. The molecular formula is C18H23NO3S. The molecule has 0 aliphatic carbocycles. The van der Waals surface area contributed by atoms with E-state index in [4.69, 9.17) is 4.74 Å². The van der Waals surface area contributed by atoms with Gasteiger partial charge in [0.1, 0.15) is 5.75 Å². The number of thiophene rings is 1. The van der Waals surface area contributed by atoms with Crippen LogP contribution in [0.25, 0.3) is 0 Å². The van der Waals surface area contributed by atoms with Crippen LogP contribution in [0, 0.1) is 5.41 Å². The van der Waals surface area contributed by atoms with E-state index in [1.54, 1.807) is 23.5 Å². The molecule has 124 valence electrons. The molecule has 1 atom stereocenters. The summed E-state index contributed by atoms with van der Waals surface area (Å²) in [4.78, 5) is 13.4. The van der Waals surface area contributed by atoms with E-state index >= 15 is 0 Å². The molecule has 1 heterocycles. The van der Waals surface area contributed by atoms with Gasteiger partial charge in [0.25, 0.3) is 5.91 Å². The molecule has 0 radical (unpaired) electrons. The molecular weight excluding hydrogens is 310 g/mol. The first-order valence-electron chi connectivity index (χ1n) is 7.56. The summed E-state index contributed by atoms with van der Waals surface area (Å²) in [7, 11) is 0. The first kappa shape index (κ1) is 17.5. The summed E-state index contributed by atoms with van der Waals surface area (Å²) in [6.07, 6.45) is 0. The highest BCUT2D eigenvalue weighted by atomic mass is 32.1. The van der Waals surface area contributed by atoms with Crippen molar-refractivity contribution in [1.29, 1.82) is 0 Å². The van der Waals surface area contributed by atoms with Crippen LogP contribution in [-0.4, -0.2) is 17.6 Å². The van der Waals surface area contributed by atoms with Crippen LogP contribution in [0.1, 0.15) is 37.3 Å². The van der Waals surface area contributed by atoms with Gasteiger partial charge >= 0.3 is 0 Å². The summed E-state index contributed by atoms with van der Waals surface area (Å²) >= 11 is 1.63. The first-order chi connectivity index (χ1) is 10.9. The molecule has 1 amide bonds. The Morgan fingerprint density at radius 2 is 2.00 bits per heavy atom. The molecule has 0 aliphatic heterocycles. The lowest BCUT2D eigenvalue weighted by Crippen LogP contribution is -2.38. The summed E-state index contributed by atoms with van der Waals surface area (Å²) in [5, 5.41) is 14.3. The highest BCUT2D eigenvalue weighted by molar-refractivity contribution is 7.10. The van der Waals surface area contributed by atoms with Crippen molar-refractivity contribution in [1.82, 2.24) is 5.32 Å². The highest BCUT2D eigenvalue weighted by Crippen LogP contribution is 2.35. The Bertz CT molecular complexity index is 632. The number of benzene rings is 1. The Hall–Kier alpha value is -1.85. The molecule has 0 saturated carbocycles. The standard InChI is InChI=1S/C18H23NO3S/c1-18(2,3)17(15-9-6-10-23-15)19-16(21)12-22-14-8-5-4-7-13(14)11-20/h4-10,17,20H,11-12H2,1-3H3,(H,19,21). The van der Waals surface area contributed by atoms with Crippen molar-refractivity contribution >= 4 is 17.2 Å². The van der Waals surface area contributed by atoms with Gasteiger partial charge in [-0.15, -0.1) is 11.3 Å². The number of rotatable bonds is 6. The Labute approximate surface area is 141 Å². The van der Waals surface area contributed by atoms with Crippen LogP contribution >= 0.6 is 11.3 Å². The van der Waals surface area contributed by atoms with Crippen molar-refractivity contribution in [3.05, 3.63) is 52.2 Å². The maximum absolute atomic E-state index is 12.3. The minimum atomic E-state index is -0.175. The van der Waals surface area contributed by atoms with Crippen LogP contribution in [0.4, 0.5) is 0 Å². The lowest BCUT2D eigenvalue weighted by atomic mass is 9.86. The van der Waals surface area contributed by atoms with E-state index in [1.807, 2.05) is 29.6 Å². The number of amides is 1. The predicted octanol–water partition coefficient (Wildman–Crippen LogP) is 3.52. The van der Waals surface area contributed by atoms with E-state index in [9.17, 15) is 9.90 Å². The van der Waals surface area contributed by atoms with E-state index in [-0.39, 0.29) is 30.6 Å². The zero-order valence-electron chi connectivity index (χ0n) is 13.7. The van der Waals surface area contributed by atoms with E-state index in [2.05, 4.69) is 26.1 Å². The Morgan fingerprint density at radius 3 is 2.61 bits per heavy atom. The second-order valence-electron chi connectivity index (χ2n) is 6.44. The van der Waals surface area contributed by atoms with Crippen molar-refractivity contribution in [3.63, 3.8) is 0 Å². The normalized spacial score (nSPS) is 12.7. The van der Waals surface area contributed by atoms with Gasteiger partial charge < -0.3 is 15.2 Å². The van der Waals surface area contributed by atoms with Crippen LogP contribution < -0.4 is 10.1 Å². The second-order valence-corrected chi connectivity index (χ2v) is 7.42. The number of carbonyl (C=O) groups is 1. The molecule has 2 N–H and O–H groups in total. The molecule has 0 spiro atoms. The summed E-state index contributed by atoms with van der Waals surface area (Å²) in [6.45, 7) is 6.10. The lowest BCUT2D eigenvalue weighted by molar-refractivity contribution is -0.124. The summed E-state index contributed by atoms with van der Waals surface area (Å²) in [5.74, 6) is 0.361. The number of aliphatic hydroxyl groups excluding tert-OH is 1. The molecule has 4 nitrogen and oxygen atoms in total. The Morgan fingerprint density at radius 1 is 1.26 bits per heavy atom. The average molecular weight is 333 g/mol. The second kappa shape index (κ2) is 7.62. The molecule has 1 unspecified atom stereocenters. The number of ether oxygens (including phenoxy) is 1. The van der Waals surface area contributed by atoms with E-state index < -0.39 is 0 Å². The summed E-state index contributed by atoms with van der Waals surface area (Å²) in [6, 6.07) is 11.1. The van der Waals surface area contributed by atoms with Crippen molar-refractivity contribution in [2.75, 3.05) is 6.61 Å². The molecule has 1 aromatic heterocycles. The fraction of sp³-hybridized carbons (Fsp3) is 0.389. The average Bonchev–Trinajstić information content (AvgIpc) is 3.03. The molecule has 1 aromatic carbocycles. The van der Waals surface area contributed by atoms with Crippen molar-refractivity contribution in [2.24, 2.45) is 5.41 Å². The van der Waals surface area contributed by atoms with Gasteiger partial charge in [-0.1, -0.05) is 45.0 Å². The molecule has 0 fully saturated rings. The fourth-order valence-electron chi connectivity index (χ4n) is 2.29. The highest BCUT2D eigenvalue weighted by Gasteiger charge is 2.28. The van der Waals surface area contributed by atoms with Gasteiger partial charge in [0.2, 0.25) is 0 Å². The topological polar surface area (TPSA) is 58.6 Å².